The Kier molecular flexibility index (Phi) is 6.12. The van der Waals surface area contributed by atoms with E-state index in [1.165, 1.54) is 29.1 Å². The van der Waals surface area contributed by atoms with Crippen LogP contribution in [0.4, 0.5) is 17.6 Å². The smallest absolute Gasteiger partial charge is 0.434 e. The summed E-state index contributed by atoms with van der Waals surface area (Å²) in [6.07, 6.45) is -1.50. The van der Waals surface area contributed by atoms with Crippen molar-refractivity contribution in [1.82, 2.24) is 34.3 Å². The summed E-state index contributed by atoms with van der Waals surface area (Å²) < 4.78 is 65.0. The molecular formula is C24H18F4N8O3. The van der Waals surface area contributed by atoms with Crippen molar-refractivity contribution in [2.75, 3.05) is 0 Å². The zero-order valence-corrected chi connectivity index (χ0v) is 20.2. The fourth-order valence-corrected chi connectivity index (χ4v) is 4.14. The van der Waals surface area contributed by atoms with Crippen molar-refractivity contribution < 1.29 is 27.1 Å². The van der Waals surface area contributed by atoms with Gasteiger partial charge >= 0.3 is 11.9 Å². The molecular weight excluding hydrogens is 524 g/mol. The molecule has 5 rings (SSSR count). The number of primary amides is 1. The number of halogens is 4. The number of amides is 1. The lowest BCUT2D eigenvalue weighted by Crippen LogP contribution is -2.21. The van der Waals surface area contributed by atoms with E-state index in [-0.39, 0.29) is 34.6 Å². The van der Waals surface area contributed by atoms with E-state index < -0.39 is 40.5 Å². The van der Waals surface area contributed by atoms with Gasteiger partial charge in [0.1, 0.15) is 17.5 Å². The second-order valence-electron chi connectivity index (χ2n) is 8.56. The number of aromatic amines is 1. The molecule has 5 aromatic rings. The number of nitrogens with zero attached hydrogens (tertiary/aromatic N) is 6. The standard InChI is InChI=1S/C24H18F4N8O3/c1-11(2)35-19-15(5-8-31-22(19)33-23(35)38)39-14-4-3-12(9-13(14)25)18-17(21(29)37)20(24(26,27)28)36(34-18)16-6-7-30-10-32-16/h3-11H,1-2H3,(H2,29,37)(H,31,33,38). The molecule has 0 aliphatic carbocycles. The summed E-state index contributed by atoms with van der Waals surface area (Å²) in [6, 6.07) is 5.56. The van der Waals surface area contributed by atoms with Crippen molar-refractivity contribution in [2.45, 2.75) is 26.1 Å². The number of fused-ring (bicyclic) bond motifs is 1. The maximum atomic E-state index is 15.3. The number of hydrogen-bond acceptors (Lipinski definition) is 7. The zero-order valence-electron chi connectivity index (χ0n) is 20.2. The number of imidazole rings is 1. The normalized spacial score (nSPS) is 11.9. The first-order valence-electron chi connectivity index (χ1n) is 11.3. The van der Waals surface area contributed by atoms with Crippen LogP contribution in [0.3, 0.4) is 0 Å². The van der Waals surface area contributed by atoms with Crippen molar-refractivity contribution in [1.29, 1.82) is 0 Å². The molecule has 0 aliphatic rings. The van der Waals surface area contributed by atoms with E-state index in [1.54, 1.807) is 13.8 Å². The predicted octanol–water partition coefficient (Wildman–Crippen LogP) is 4.00. The fraction of sp³-hybridized carbons (Fsp3) is 0.167. The summed E-state index contributed by atoms with van der Waals surface area (Å²) in [4.78, 5) is 38.7. The minimum Gasteiger partial charge on any atom is -0.452 e. The first-order valence-corrected chi connectivity index (χ1v) is 11.3. The van der Waals surface area contributed by atoms with Crippen LogP contribution >= 0.6 is 0 Å². The quantitative estimate of drug-likeness (QED) is 0.308. The molecule has 0 atom stereocenters. The van der Waals surface area contributed by atoms with Crippen LogP contribution < -0.4 is 16.2 Å². The lowest BCUT2D eigenvalue weighted by molar-refractivity contribution is -0.143. The fourth-order valence-electron chi connectivity index (χ4n) is 4.14. The van der Waals surface area contributed by atoms with E-state index in [9.17, 15) is 22.8 Å². The van der Waals surface area contributed by atoms with Gasteiger partial charge in [0.15, 0.2) is 34.5 Å². The Bertz CT molecular complexity index is 1770. The molecule has 15 heteroatoms. The highest BCUT2D eigenvalue weighted by atomic mass is 19.4. The van der Waals surface area contributed by atoms with Crippen LogP contribution in [0, 0.1) is 5.82 Å². The van der Waals surface area contributed by atoms with Crippen molar-refractivity contribution in [2.24, 2.45) is 5.73 Å². The van der Waals surface area contributed by atoms with Gasteiger partial charge in [-0.3, -0.25) is 14.3 Å². The van der Waals surface area contributed by atoms with Crippen molar-refractivity contribution in [3.8, 4) is 28.6 Å². The summed E-state index contributed by atoms with van der Waals surface area (Å²) in [6.45, 7) is 3.54. The lowest BCUT2D eigenvalue weighted by atomic mass is 10.0. The number of rotatable bonds is 6. The summed E-state index contributed by atoms with van der Waals surface area (Å²) in [7, 11) is 0. The molecule has 0 saturated heterocycles. The predicted molar refractivity (Wildman–Crippen MR) is 129 cm³/mol. The maximum Gasteiger partial charge on any atom is 0.434 e. The highest BCUT2D eigenvalue weighted by Gasteiger charge is 2.42. The van der Waals surface area contributed by atoms with Gasteiger partial charge in [-0.1, -0.05) is 0 Å². The van der Waals surface area contributed by atoms with Gasteiger partial charge in [-0.25, -0.2) is 28.8 Å². The minimum absolute atomic E-state index is 0.115. The number of hydrogen-bond donors (Lipinski definition) is 2. The number of carbonyl (C=O) groups is 1. The van der Waals surface area contributed by atoms with Crippen molar-refractivity contribution in [3.63, 3.8) is 0 Å². The SMILES string of the molecule is CC(C)n1c(=O)[nH]c2nccc(Oc3ccc(-c4nn(-c5ccncn5)c(C(F)(F)F)c4C(N)=O)cc3F)c21. The third-order valence-electron chi connectivity index (χ3n) is 5.70. The number of aromatic nitrogens is 7. The Morgan fingerprint density at radius 3 is 2.49 bits per heavy atom. The highest BCUT2D eigenvalue weighted by Crippen LogP contribution is 2.39. The average molecular weight is 542 g/mol. The Hall–Kier alpha value is -5.08. The molecule has 1 aromatic carbocycles. The second kappa shape index (κ2) is 9.34. The number of H-pyrrole nitrogens is 1. The van der Waals surface area contributed by atoms with E-state index in [2.05, 4.69) is 25.0 Å². The topological polar surface area (TPSA) is 147 Å². The number of benzene rings is 1. The van der Waals surface area contributed by atoms with Gasteiger partial charge in [-0.05, 0) is 32.0 Å². The van der Waals surface area contributed by atoms with Crippen molar-refractivity contribution >= 4 is 17.1 Å². The summed E-state index contributed by atoms with van der Waals surface area (Å²) in [5.41, 5.74) is 2.31. The molecule has 0 fully saturated rings. The van der Waals surface area contributed by atoms with Gasteiger partial charge in [0.2, 0.25) is 0 Å². The highest BCUT2D eigenvalue weighted by molar-refractivity contribution is 6.00. The summed E-state index contributed by atoms with van der Waals surface area (Å²) >= 11 is 0. The maximum absolute atomic E-state index is 15.3. The summed E-state index contributed by atoms with van der Waals surface area (Å²) in [5, 5.41) is 3.92. The molecule has 0 bridgehead atoms. The third kappa shape index (κ3) is 4.47. The van der Waals surface area contributed by atoms with Gasteiger partial charge in [0, 0.05) is 36.1 Å². The monoisotopic (exact) mass is 542 g/mol. The van der Waals surface area contributed by atoms with Crippen LogP contribution in [0.15, 0.2) is 53.8 Å². The van der Waals surface area contributed by atoms with Gasteiger partial charge in [-0.15, -0.1) is 0 Å². The van der Waals surface area contributed by atoms with Crippen LogP contribution in [0.5, 0.6) is 11.5 Å². The van der Waals surface area contributed by atoms with E-state index in [4.69, 9.17) is 10.5 Å². The molecule has 4 heterocycles. The minimum atomic E-state index is -5.06. The molecule has 1 amide bonds. The van der Waals surface area contributed by atoms with Crippen molar-refractivity contribution in [3.05, 3.63) is 76.6 Å². The van der Waals surface area contributed by atoms with Gasteiger partial charge in [0.25, 0.3) is 5.91 Å². The Morgan fingerprint density at radius 1 is 1.10 bits per heavy atom. The molecule has 0 radical (unpaired) electrons. The number of ether oxygens (including phenoxy) is 1. The summed E-state index contributed by atoms with van der Waals surface area (Å²) in [5.74, 6) is -2.87. The van der Waals surface area contributed by atoms with Gasteiger partial charge in [-0.2, -0.15) is 18.3 Å². The molecule has 0 saturated carbocycles. The molecule has 0 aliphatic heterocycles. The second-order valence-corrected chi connectivity index (χ2v) is 8.56. The number of alkyl halides is 3. The first-order chi connectivity index (χ1) is 18.5. The number of nitrogens with one attached hydrogen (secondary N) is 1. The molecule has 200 valence electrons. The zero-order chi connectivity index (χ0) is 28.1. The third-order valence-corrected chi connectivity index (χ3v) is 5.70. The van der Waals surface area contributed by atoms with Crippen LogP contribution in [0.2, 0.25) is 0 Å². The number of nitrogens with two attached hydrogens (primary N) is 1. The molecule has 0 unspecified atom stereocenters. The molecule has 4 aromatic heterocycles. The first kappa shape index (κ1) is 25.6. The van der Waals surface area contributed by atoms with E-state index in [0.717, 1.165) is 24.5 Å². The lowest BCUT2D eigenvalue weighted by Gasteiger charge is -2.12. The van der Waals surface area contributed by atoms with Gasteiger partial charge < -0.3 is 10.5 Å². The average Bonchev–Trinajstić information content (AvgIpc) is 3.45. The molecule has 39 heavy (non-hydrogen) atoms. The Balaban J connectivity index is 1.62. The van der Waals surface area contributed by atoms with Crippen LogP contribution in [0.1, 0.15) is 35.9 Å². The molecule has 3 N–H and O–H groups in total. The Labute approximate surface area is 215 Å². The molecule has 0 spiro atoms. The number of pyridine rings is 1. The largest absolute Gasteiger partial charge is 0.452 e. The number of carbonyl (C=O) groups excluding carboxylic acids is 1. The van der Waals surface area contributed by atoms with E-state index in [0.29, 0.717) is 10.2 Å². The Morgan fingerprint density at radius 2 is 1.87 bits per heavy atom. The van der Waals surface area contributed by atoms with Crippen LogP contribution in [0.25, 0.3) is 28.2 Å². The molecule has 11 nitrogen and oxygen atoms in total. The van der Waals surface area contributed by atoms with E-state index >= 15 is 4.39 Å². The van der Waals surface area contributed by atoms with E-state index in [1.807, 2.05) is 0 Å². The van der Waals surface area contributed by atoms with Gasteiger partial charge in [0.05, 0.1) is 5.56 Å². The van der Waals surface area contributed by atoms with Crippen LogP contribution in [-0.2, 0) is 6.18 Å². The van der Waals surface area contributed by atoms with Crippen LogP contribution in [-0.4, -0.2) is 40.2 Å².